The van der Waals surface area contributed by atoms with E-state index in [0.29, 0.717) is 13.1 Å². The molecule has 1 fully saturated rings. The maximum Gasteiger partial charge on any atom is 0.381 e. The molecule has 8 heteroatoms. The van der Waals surface area contributed by atoms with Crippen molar-refractivity contribution in [2.24, 2.45) is 0 Å². The Labute approximate surface area is 122 Å². The van der Waals surface area contributed by atoms with Crippen LogP contribution in [0.2, 0.25) is 0 Å². The van der Waals surface area contributed by atoms with Crippen molar-refractivity contribution >= 4 is 11.7 Å². The Morgan fingerprint density at radius 1 is 1.52 bits per heavy atom. The van der Waals surface area contributed by atoms with Gasteiger partial charge in [-0.05, 0) is 22.7 Å². The molecule has 0 spiro atoms. The standard InChI is InChI=1S/C13H20N4O4/c18-8-7-16(11-3-1-2-4-11)13(19)5-6-15-9-12(14-10-15)17(20)21/h9-11,18H,1-8H2. The lowest BCUT2D eigenvalue weighted by Crippen LogP contribution is -2.41. The van der Waals surface area contributed by atoms with Gasteiger partial charge in [0.25, 0.3) is 0 Å². The van der Waals surface area contributed by atoms with Crippen molar-refractivity contribution in [2.75, 3.05) is 13.2 Å². The van der Waals surface area contributed by atoms with Gasteiger partial charge in [0.05, 0.1) is 6.61 Å². The predicted molar refractivity (Wildman–Crippen MR) is 74.6 cm³/mol. The number of rotatable bonds is 7. The second kappa shape index (κ2) is 7.16. The van der Waals surface area contributed by atoms with Gasteiger partial charge < -0.3 is 24.7 Å². The number of carbonyl (C=O) groups is 1. The molecular formula is C13H20N4O4. The molecule has 0 radical (unpaired) electrons. The van der Waals surface area contributed by atoms with Crippen LogP contribution in [0.1, 0.15) is 32.1 Å². The zero-order valence-electron chi connectivity index (χ0n) is 11.8. The van der Waals surface area contributed by atoms with E-state index in [4.69, 9.17) is 5.11 Å². The summed E-state index contributed by atoms with van der Waals surface area (Å²) in [6.07, 6.45) is 7.15. The number of nitro groups is 1. The third-order valence-electron chi connectivity index (χ3n) is 3.82. The number of aryl methyl sites for hydroxylation is 1. The molecule has 1 aromatic rings. The largest absolute Gasteiger partial charge is 0.395 e. The number of hydrogen-bond acceptors (Lipinski definition) is 5. The van der Waals surface area contributed by atoms with E-state index in [-0.39, 0.29) is 30.8 Å². The lowest BCUT2D eigenvalue weighted by molar-refractivity contribution is -0.389. The van der Waals surface area contributed by atoms with Crippen molar-refractivity contribution in [3.8, 4) is 0 Å². The first kappa shape index (κ1) is 15.4. The molecule has 1 amide bonds. The van der Waals surface area contributed by atoms with E-state index in [9.17, 15) is 14.9 Å². The Hall–Kier alpha value is -1.96. The normalized spacial score (nSPS) is 15.3. The summed E-state index contributed by atoms with van der Waals surface area (Å²) in [6.45, 7) is 0.667. The van der Waals surface area contributed by atoms with Crippen molar-refractivity contribution < 1.29 is 14.8 Å². The molecule has 0 aromatic carbocycles. The summed E-state index contributed by atoms with van der Waals surface area (Å²) in [4.78, 5) is 27.7. The van der Waals surface area contributed by atoms with Gasteiger partial charge in [-0.15, -0.1) is 0 Å². The zero-order valence-corrected chi connectivity index (χ0v) is 11.8. The third-order valence-corrected chi connectivity index (χ3v) is 3.82. The van der Waals surface area contributed by atoms with Gasteiger partial charge in [-0.1, -0.05) is 12.8 Å². The predicted octanol–water partition coefficient (Wildman–Crippen LogP) is 0.945. The van der Waals surface area contributed by atoms with Crippen molar-refractivity contribution in [1.82, 2.24) is 14.5 Å². The van der Waals surface area contributed by atoms with Crippen LogP contribution in [0.15, 0.2) is 12.5 Å². The Morgan fingerprint density at radius 2 is 2.24 bits per heavy atom. The van der Waals surface area contributed by atoms with Crippen LogP contribution in [-0.2, 0) is 11.3 Å². The van der Waals surface area contributed by atoms with Crippen molar-refractivity contribution in [2.45, 2.75) is 44.7 Å². The minimum atomic E-state index is -0.561. The van der Waals surface area contributed by atoms with E-state index in [2.05, 4.69) is 4.98 Å². The van der Waals surface area contributed by atoms with Crippen LogP contribution in [0, 0.1) is 10.1 Å². The number of amides is 1. The molecule has 1 aromatic heterocycles. The summed E-state index contributed by atoms with van der Waals surface area (Å²) < 4.78 is 1.54. The first-order chi connectivity index (χ1) is 10.1. The van der Waals surface area contributed by atoms with Crippen molar-refractivity contribution in [3.05, 3.63) is 22.6 Å². The van der Waals surface area contributed by atoms with E-state index in [1.807, 2.05) is 0 Å². The average molecular weight is 296 g/mol. The minimum Gasteiger partial charge on any atom is -0.395 e. The fraction of sp³-hybridized carbons (Fsp3) is 0.692. The molecule has 8 nitrogen and oxygen atoms in total. The van der Waals surface area contributed by atoms with Gasteiger partial charge in [0.1, 0.15) is 6.20 Å². The fourth-order valence-corrected chi connectivity index (χ4v) is 2.77. The monoisotopic (exact) mass is 296 g/mol. The molecule has 2 rings (SSSR count). The van der Waals surface area contributed by atoms with E-state index in [1.165, 1.54) is 12.5 Å². The van der Waals surface area contributed by atoms with Gasteiger partial charge >= 0.3 is 5.82 Å². The van der Waals surface area contributed by atoms with Crippen LogP contribution in [0.5, 0.6) is 0 Å². The molecule has 0 unspecified atom stereocenters. The Balaban J connectivity index is 1.90. The molecular weight excluding hydrogens is 276 g/mol. The third kappa shape index (κ3) is 4.01. The number of imidazole rings is 1. The summed E-state index contributed by atoms with van der Waals surface area (Å²) in [7, 11) is 0. The van der Waals surface area contributed by atoms with Gasteiger partial charge in [-0.3, -0.25) is 4.79 Å². The number of hydrogen-bond donors (Lipinski definition) is 1. The molecule has 21 heavy (non-hydrogen) atoms. The number of aromatic nitrogens is 2. The minimum absolute atomic E-state index is 0.0210. The van der Waals surface area contributed by atoms with E-state index in [0.717, 1.165) is 25.7 Å². The molecule has 0 aliphatic heterocycles. The van der Waals surface area contributed by atoms with E-state index >= 15 is 0 Å². The van der Waals surface area contributed by atoms with Crippen LogP contribution in [-0.4, -0.2) is 49.6 Å². The number of aliphatic hydroxyl groups is 1. The van der Waals surface area contributed by atoms with Gasteiger partial charge in [0.2, 0.25) is 12.2 Å². The number of nitrogens with zero attached hydrogens (tertiary/aromatic N) is 4. The highest BCUT2D eigenvalue weighted by molar-refractivity contribution is 5.76. The summed E-state index contributed by atoms with van der Waals surface area (Å²) in [5, 5.41) is 19.7. The molecule has 0 saturated heterocycles. The molecule has 0 bridgehead atoms. The molecule has 1 aliphatic carbocycles. The molecule has 1 heterocycles. The maximum absolute atomic E-state index is 12.3. The summed E-state index contributed by atoms with van der Waals surface area (Å²) >= 11 is 0. The van der Waals surface area contributed by atoms with Crippen LogP contribution in [0.25, 0.3) is 0 Å². The Bertz CT molecular complexity index is 496. The van der Waals surface area contributed by atoms with Crippen molar-refractivity contribution in [1.29, 1.82) is 0 Å². The summed E-state index contributed by atoms with van der Waals surface area (Å²) in [6, 6.07) is 0.224. The first-order valence-corrected chi connectivity index (χ1v) is 7.18. The Kier molecular flexibility index (Phi) is 5.26. The van der Waals surface area contributed by atoms with Gasteiger partial charge in [-0.25, -0.2) is 0 Å². The highest BCUT2D eigenvalue weighted by Gasteiger charge is 2.26. The fourth-order valence-electron chi connectivity index (χ4n) is 2.77. The zero-order chi connectivity index (χ0) is 15.2. The van der Waals surface area contributed by atoms with Crippen LogP contribution in [0.4, 0.5) is 5.82 Å². The first-order valence-electron chi connectivity index (χ1n) is 7.18. The molecule has 1 N–H and O–H groups in total. The topological polar surface area (TPSA) is 102 Å². The van der Waals surface area contributed by atoms with Gasteiger partial charge in [-0.2, -0.15) is 0 Å². The van der Waals surface area contributed by atoms with E-state index in [1.54, 1.807) is 9.47 Å². The molecule has 1 aliphatic rings. The number of carbonyl (C=O) groups excluding carboxylic acids is 1. The second-order valence-electron chi connectivity index (χ2n) is 5.23. The summed E-state index contributed by atoms with van der Waals surface area (Å²) in [5.41, 5.74) is 0. The molecule has 116 valence electrons. The molecule has 1 saturated carbocycles. The second-order valence-corrected chi connectivity index (χ2v) is 5.23. The highest BCUT2D eigenvalue weighted by Crippen LogP contribution is 2.24. The van der Waals surface area contributed by atoms with Gasteiger partial charge in [0.15, 0.2) is 0 Å². The quantitative estimate of drug-likeness (QED) is 0.596. The maximum atomic E-state index is 12.3. The summed E-state index contributed by atoms with van der Waals surface area (Å²) in [5.74, 6) is -0.238. The number of aliphatic hydroxyl groups excluding tert-OH is 1. The lowest BCUT2D eigenvalue weighted by Gasteiger charge is -2.28. The SMILES string of the molecule is O=C(CCn1cnc([N+](=O)[O-])c1)N(CCO)C1CCCC1. The van der Waals surface area contributed by atoms with Crippen LogP contribution < -0.4 is 0 Å². The van der Waals surface area contributed by atoms with Crippen LogP contribution in [0.3, 0.4) is 0 Å². The average Bonchev–Trinajstić information content (AvgIpc) is 3.13. The highest BCUT2D eigenvalue weighted by atomic mass is 16.6. The molecule has 0 atom stereocenters. The smallest absolute Gasteiger partial charge is 0.381 e. The van der Waals surface area contributed by atoms with Crippen LogP contribution >= 0.6 is 0 Å². The van der Waals surface area contributed by atoms with E-state index < -0.39 is 4.92 Å². The van der Waals surface area contributed by atoms with Gasteiger partial charge in [0, 0.05) is 25.6 Å². The Morgan fingerprint density at radius 3 is 2.81 bits per heavy atom. The lowest BCUT2D eigenvalue weighted by atomic mass is 10.2. The van der Waals surface area contributed by atoms with Crippen molar-refractivity contribution in [3.63, 3.8) is 0 Å².